The van der Waals surface area contributed by atoms with Crippen molar-refractivity contribution in [3.05, 3.63) is 90.3 Å². The number of piperidine rings is 1. The van der Waals surface area contributed by atoms with Gasteiger partial charge in [-0.25, -0.2) is 0 Å². The normalized spacial score (nSPS) is 22.8. The Bertz CT molecular complexity index is 1530. The van der Waals surface area contributed by atoms with E-state index in [4.69, 9.17) is 9.47 Å². The highest BCUT2D eigenvalue weighted by atomic mass is 16.5. The average Bonchev–Trinajstić information content (AvgIpc) is 3.10. The van der Waals surface area contributed by atoms with Crippen LogP contribution >= 0.6 is 0 Å². The lowest BCUT2D eigenvalue weighted by atomic mass is 9.88. The summed E-state index contributed by atoms with van der Waals surface area (Å²) in [5.41, 5.74) is 0.579. The summed E-state index contributed by atoms with van der Waals surface area (Å²) >= 11 is 0. The first-order chi connectivity index (χ1) is 23.2. The number of aliphatic hydroxyl groups excluding tert-OH is 1. The number of benzene rings is 2. The predicted octanol–water partition coefficient (Wildman–Crippen LogP) is 0.713. The molecule has 4 amide bonds. The summed E-state index contributed by atoms with van der Waals surface area (Å²) in [5, 5.41) is 20.8. The first-order valence-electron chi connectivity index (χ1n) is 16.1. The fourth-order valence-electron chi connectivity index (χ4n) is 5.71. The molecule has 0 aliphatic carbocycles. The van der Waals surface area contributed by atoms with Crippen LogP contribution in [0.3, 0.4) is 0 Å². The molecule has 2 aromatic carbocycles. The van der Waals surface area contributed by atoms with Gasteiger partial charge < -0.3 is 35.8 Å². The molecular formula is C35H42N6O7. The number of carbonyl (C=O) groups excluding carboxylic acids is 4. The Labute approximate surface area is 279 Å². The largest absolute Gasteiger partial charge is 0.492 e. The number of aliphatic hydroxyl groups is 1. The van der Waals surface area contributed by atoms with Gasteiger partial charge in [-0.3, -0.25) is 29.1 Å². The van der Waals surface area contributed by atoms with Gasteiger partial charge in [0.15, 0.2) is 5.60 Å². The van der Waals surface area contributed by atoms with E-state index in [-0.39, 0.29) is 19.6 Å². The first-order valence-corrected chi connectivity index (χ1v) is 16.1. The third-order valence-electron chi connectivity index (χ3n) is 8.51. The average molecular weight is 659 g/mol. The minimum absolute atomic E-state index is 0.118. The second kappa shape index (κ2) is 16.2. The van der Waals surface area contributed by atoms with E-state index in [0.29, 0.717) is 44.0 Å². The van der Waals surface area contributed by atoms with Crippen molar-refractivity contribution in [3.63, 3.8) is 0 Å². The number of fused-ring (bicyclic) bond motifs is 15. The Balaban J connectivity index is 1.43. The van der Waals surface area contributed by atoms with Gasteiger partial charge in [0.2, 0.25) is 17.7 Å². The maximum atomic E-state index is 14.3. The standard InChI is InChI=1S/C35H42N6O7/c1-24-31(43)37-17-20-47-27-7-9-28(10-8-27)48-35(13-18-41(19-14-35)22-26-11-15-36-16-12-26)34(46)40-29(21-25-5-3-2-4-6-25)32(44)39-30(23-42)33(45)38-24/h2-12,15-16,24,29-30,42H,13-14,17-23H2,1H3,(H,37,43)(H,38,45)(H,39,44)(H,40,46)/t24-,29+,30-/m0/s1. The Morgan fingerprint density at radius 2 is 1.48 bits per heavy atom. The maximum absolute atomic E-state index is 14.3. The predicted molar refractivity (Wildman–Crippen MR) is 176 cm³/mol. The van der Waals surface area contributed by atoms with Crippen LogP contribution < -0.4 is 30.7 Å². The summed E-state index contributed by atoms with van der Waals surface area (Å²) in [6.07, 6.45) is 4.31. The molecule has 13 nitrogen and oxygen atoms in total. The van der Waals surface area contributed by atoms with E-state index < -0.39 is 54.0 Å². The zero-order valence-electron chi connectivity index (χ0n) is 26.9. The minimum Gasteiger partial charge on any atom is -0.492 e. The minimum atomic E-state index is -1.36. The molecule has 2 bridgehead atoms. The molecular weight excluding hydrogens is 616 g/mol. The van der Waals surface area contributed by atoms with E-state index in [1.165, 1.54) is 6.92 Å². The molecule has 13 heteroatoms. The lowest BCUT2D eigenvalue weighted by molar-refractivity contribution is -0.144. The highest BCUT2D eigenvalue weighted by molar-refractivity contribution is 5.95. The molecule has 1 saturated heterocycles. The molecule has 5 N–H and O–H groups in total. The number of nitrogens with zero attached hydrogens (tertiary/aromatic N) is 2. The van der Waals surface area contributed by atoms with Crippen LogP contribution in [0.15, 0.2) is 79.1 Å². The van der Waals surface area contributed by atoms with Crippen LogP contribution in [0, 0.1) is 0 Å². The SMILES string of the molecule is C[C@@H]1NC(=O)[C@H](CO)NC(=O)[C@@H](Cc2ccccc2)NC(=O)C2(CCN(Cc3ccncc3)CC2)Oc2ccc(cc2)OCCNC1=O. The van der Waals surface area contributed by atoms with E-state index in [1.807, 2.05) is 42.5 Å². The van der Waals surface area contributed by atoms with Crippen LogP contribution in [-0.2, 0) is 32.1 Å². The Hall–Kier alpha value is -5.01. The van der Waals surface area contributed by atoms with Crippen LogP contribution in [0.25, 0.3) is 0 Å². The van der Waals surface area contributed by atoms with Crippen molar-refractivity contribution in [1.82, 2.24) is 31.2 Å². The number of ether oxygens (including phenoxy) is 2. The van der Waals surface area contributed by atoms with E-state index in [9.17, 15) is 24.3 Å². The molecule has 0 saturated carbocycles. The molecule has 0 radical (unpaired) electrons. The molecule has 1 aromatic heterocycles. The summed E-state index contributed by atoms with van der Waals surface area (Å²) < 4.78 is 12.3. The molecule has 4 heterocycles. The number of nitrogens with one attached hydrogen (secondary N) is 4. The summed E-state index contributed by atoms with van der Waals surface area (Å²) in [7, 11) is 0. The number of hydrogen-bond acceptors (Lipinski definition) is 9. The molecule has 1 spiro atoms. The highest BCUT2D eigenvalue weighted by Crippen LogP contribution is 2.31. The molecule has 48 heavy (non-hydrogen) atoms. The fourth-order valence-corrected chi connectivity index (χ4v) is 5.71. The number of rotatable bonds is 5. The van der Waals surface area contributed by atoms with Gasteiger partial charge in [-0.2, -0.15) is 0 Å². The lowest BCUT2D eigenvalue weighted by Gasteiger charge is -2.41. The van der Waals surface area contributed by atoms with Gasteiger partial charge in [-0.1, -0.05) is 30.3 Å². The van der Waals surface area contributed by atoms with E-state index >= 15 is 0 Å². The van der Waals surface area contributed by atoms with Crippen LogP contribution in [0.1, 0.15) is 30.9 Å². The van der Waals surface area contributed by atoms with Crippen LogP contribution in [-0.4, -0.2) is 95.2 Å². The van der Waals surface area contributed by atoms with Crippen molar-refractivity contribution < 1.29 is 33.8 Å². The maximum Gasteiger partial charge on any atom is 0.264 e. The van der Waals surface area contributed by atoms with Gasteiger partial charge in [0.25, 0.3) is 5.91 Å². The number of amides is 4. The van der Waals surface area contributed by atoms with Gasteiger partial charge in [0.05, 0.1) is 13.2 Å². The zero-order valence-corrected chi connectivity index (χ0v) is 26.9. The van der Waals surface area contributed by atoms with Crippen molar-refractivity contribution in [3.8, 4) is 11.5 Å². The summed E-state index contributed by atoms with van der Waals surface area (Å²) in [6.45, 7) is 2.93. The molecule has 3 aromatic rings. The molecule has 3 aliphatic heterocycles. The quantitative estimate of drug-likeness (QED) is 0.248. The smallest absolute Gasteiger partial charge is 0.264 e. The summed E-state index contributed by atoms with van der Waals surface area (Å²) in [5.74, 6) is -1.34. The number of pyridine rings is 1. The first kappa shape index (κ1) is 34.3. The molecule has 6 rings (SSSR count). The van der Waals surface area contributed by atoms with Crippen molar-refractivity contribution in [2.24, 2.45) is 0 Å². The van der Waals surface area contributed by atoms with Crippen molar-refractivity contribution in [2.45, 2.75) is 56.5 Å². The second-order valence-electron chi connectivity index (χ2n) is 12.0. The summed E-state index contributed by atoms with van der Waals surface area (Å²) in [6, 6.07) is 16.6. The van der Waals surface area contributed by atoms with Crippen LogP contribution in [0.4, 0.5) is 0 Å². The van der Waals surface area contributed by atoms with Gasteiger partial charge in [-0.05, 0) is 54.4 Å². The number of carbonyl (C=O) groups is 4. The Morgan fingerprint density at radius 1 is 0.812 bits per heavy atom. The summed E-state index contributed by atoms with van der Waals surface area (Å²) in [4.78, 5) is 60.0. The van der Waals surface area contributed by atoms with E-state index in [0.717, 1.165) is 11.1 Å². The third-order valence-corrected chi connectivity index (χ3v) is 8.51. The lowest BCUT2D eigenvalue weighted by Crippen LogP contribution is -2.62. The monoisotopic (exact) mass is 658 g/mol. The zero-order chi connectivity index (χ0) is 33.9. The second-order valence-corrected chi connectivity index (χ2v) is 12.0. The molecule has 0 unspecified atom stereocenters. The number of likely N-dealkylation sites (tertiary alicyclic amines) is 1. The van der Waals surface area contributed by atoms with Gasteiger partial charge >= 0.3 is 0 Å². The highest BCUT2D eigenvalue weighted by Gasteiger charge is 2.45. The van der Waals surface area contributed by atoms with Gasteiger partial charge in [0.1, 0.15) is 36.2 Å². The molecule has 1 fully saturated rings. The topological polar surface area (TPSA) is 171 Å². The van der Waals surface area contributed by atoms with Gasteiger partial charge in [0, 0.05) is 51.3 Å². The van der Waals surface area contributed by atoms with Crippen molar-refractivity contribution in [1.29, 1.82) is 0 Å². The Morgan fingerprint density at radius 3 is 2.17 bits per heavy atom. The third kappa shape index (κ3) is 9.07. The van der Waals surface area contributed by atoms with Crippen LogP contribution in [0.2, 0.25) is 0 Å². The van der Waals surface area contributed by atoms with E-state index in [1.54, 1.807) is 36.7 Å². The fraction of sp³-hybridized carbons (Fsp3) is 0.400. The molecule has 3 aliphatic rings. The van der Waals surface area contributed by atoms with Crippen LogP contribution in [0.5, 0.6) is 11.5 Å². The van der Waals surface area contributed by atoms with Crippen molar-refractivity contribution in [2.75, 3.05) is 32.8 Å². The van der Waals surface area contributed by atoms with Crippen molar-refractivity contribution >= 4 is 23.6 Å². The molecule has 3 atom stereocenters. The number of hydrogen-bond donors (Lipinski definition) is 5. The molecule has 254 valence electrons. The number of aromatic nitrogens is 1. The Kier molecular flexibility index (Phi) is 11.6. The van der Waals surface area contributed by atoms with Gasteiger partial charge in [-0.15, -0.1) is 0 Å². The van der Waals surface area contributed by atoms with E-state index in [2.05, 4.69) is 31.2 Å².